The van der Waals surface area contributed by atoms with Crippen LogP contribution in [0.15, 0.2) is 421 Å². The summed E-state index contributed by atoms with van der Waals surface area (Å²) in [5, 5.41) is 14.4. The third-order valence-corrected chi connectivity index (χ3v) is 31.6. The van der Waals surface area contributed by atoms with Gasteiger partial charge in [-0.05, 0) is 241 Å². The maximum absolute atomic E-state index is 6.73. The molecule has 0 bridgehead atoms. The van der Waals surface area contributed by atoms with E-state index in [1.807, 2.05) is 22.7 Å². The molecule has 6 heteroatoms. The van der Waals surface area contributed by atoms with Gasteiger partial charge < -0.3 is 18.6 Å². The van der Waals surface area contributed by atoms with Gasteiger partial charge in [-0.2, -0.15) is 0 Å². The smallest absolute Gasteiger partial charge is 0.136 e. The second-order valence-electron chi connectivity index (χ2n) is 42.0. The SMILES string of the molecule is CC1C=CC(N(c2ccccc2-c2cccc3cccc(-c4cc(C(C)(C)C)cc(C(C)(C)C)c4)c23)c2ccccc2-c2cccc3oc4ccccc4c23)=C(c2cccc3sc4cc(CC(C)(C)c5cc(-c6cccc7cccc(-c8ccccc8N(c8ccc(-c9cccc%10c9sc9ccccc9%10)cc8)c8ccccc8-c8cccc9oc%10ccccc%10c89)c67)cc(C(C)(C)C)c5)ccc4c23)C1. The van der Waals surface area contributed by atoms with Gasteiger partial charge in [0.1, 0.15) is 22.3 Å². The molecule has 4 heterocycles. The first kappa shape index (κ1) is 86.6. The average Bonchev–Trinajstić information content (AvgIpc) is 1.72. The molecule has 0 saturated heterocycles. The number of hydrogen-bond donors (Lipinski definition) is 0. The maximum Gasteiger partial charge on any atom is 0.136 e. The summed E-state index contributed by atoms with van der Waals surface area (Å²) < 4.78 is 18.5. The molecule has 4 aromatic heterocycles. The number of anilines is 5. The summed E-state index contributed by atoms with van der Waals surface area (Å²) in [6.07, 6.45) is 6.55. The molecule has 0 amide bonds. The molecule has 23 aromatic rings. The van der Waals surface area contributed by atoms with Crippen LogP contribution >= 0.6 is 22.7 Å². The highest BCUT2D eigenvalue weighted by molar-refractivity contribution is 7.26. The highest BCUT2D eigenvalue weighted by Gasteiger charge is 2.34. The molecule has 0 saturated carbocycles. The van der Waals surface area contributed by atoms with Crippen LogP contribution < -0.4 is 9.80 Å². The van der Waals surface area contributed by atoms with E-state index in [-0.39, 0.29) is 27.6 Å². The lowest BCUT2D eigenvalue weighted by Crippen LogP contribution is -2.22. The Balaban J connectivity index is 0.628. The van der Waals surface area contributed by atoms with E-state index in [0.29, 0.717) is 0 Å². The summed E-state index contributed by atoms with van der Waals surface area (Å²) in [5.74, 6) is 0.254. The second kappa shape index (κ2) is 33.9. The van der Waals surface area contributed by atoms with Crippen molar-refractivity contribution >= 4 is 162 Å². The minimum atomic E-state index is -0.316. The number of benzene rings is 19. The van der Waals surface area contributed by atoms with E-state index in [1.165, 1.54) is 140 Å². The van der Waals surface area contributed by atoms with Crippen LogP contribution in [0.25, 0.3) is 189 Å². The van der Waals surface area contributed by atoms with Crippen LogP contribution in [0, 0.1) is 5.92 Å². The molecule has 24 rings (SSSR count). The fourth-order valence-electron chi connectivity index (χ4n) is 22.2. The zero-order valence-corrected chi connectivity index (χ0v) is 82.3. The Morgan fingerprint density at radius 2 is 0.676 bits per heavy atom. The number of thiophene rings is 2. The summed E-state index contributed by atoms with van der Waals surface area (Å²) in [5.41, 5.74) is 34.8. The monoisotopic (exact) mass is 1830 g/mol. The molecule has 674 valence electrons. The molecule has 139 heavy (non-hydrogen) atoms. The quantitative estimate of drug-likeness (QED) is 0.0910. The Morgan fingerprint density at radius 1 is 0.281 bits per heavy atom. The highest BCUT2D eigenvalue weighted by Crippen LogP contribution is 2.56. The van der Waals surface area contributed by atoms with E-state index in [1.54, 1.807) is 0 Å². The molecule has 1 atom stereocenters. The Kier molecular flexibility index (Phi) is 21.1. The molecule has 0 spiro atoms. The third kappa shape index (κ3) is 15.3. The Labute approximate surface area is 821 Å². The van der Waals surface area contributed by atoms with Gasteiger partial charge in [0.2, 0.25) is 0 Å². The van der Waals surface area contributed by atoms with Crippen molar-refractivity contribution in [1.82, 2.24) is 0 Å². The van der Waals surface area contributed by atoms with E-state index >= 15 is 0 Å². The molecule has 1 aliphatic carbocycles. The number of nitrogens with zero attached hydrogens (tertiary/aromatic N) is 2. The molecular weight excluding hydrogens is 1720 g/mol. The van der Waals surface area contributed by atoms with Crippen molar-refractivity contribution < 1.29 is 8.83 Å². The van der Waals surface area contributed by atoms with Crippen molar-refractivity contribution in [3.8, 4) is 77.9 Å². The zero-order chi connectivity index (χ0) is 94.5. The summed E-state index contributed by atoms with van der Waals surface area (Å²) in [6, 6.07) is 148. The van der Waals surface area contributed by atoms with E-state index in [9.17, 15) is 0 Å². The van der Waals surface area contributed by atoms with Crippen LogP contribution in [-0.2, 0) is 28.1 Å². The zero-order valence-electron chi connectivity index (χ0n) is 80.7. The Bertz CT molecular complexity index is 8920. The van der Waals surface area contributed by atoms with Crippen molar-refractivity contribution in [2.75, 3.05) is 9.80 Å². The van der Waals surface area contributed by atoms with Crippen LogP contribution in [0.5, 0.6) is 0 Å². The largest absolute Gasteiger partial charge is 0.456 e. The summed E-state index contributed by atoms with van der Waals surface area (Å²) in [4.78, 5) is 5.14. The van der Waals surface area contributed by atoms with Gasteiger partial charge in [-0.25, -0.2) is 0 Å². The van der Waals surface area contributed by atoms with Gasteiger partial charge in [-0.3, -0.25) is 0 Å². The van der Waals surface area contributed by atoms with Gasteiger partial charge in [-0.15, -0.1) is 22.7 Å². The van der Waals surface area contributed by atoms with E-state index in [4.69, 9.17) is 8.83 Å². The van der Waals surface area contributed by atoms with E-state index in [0.717, 1.165) is 130 Å². The molecular formula is C133H108N2O2S2. The first-order valence-electron chi connectivity index (χ1n) is 49.0. The number of furan rings is 2. The van der Waals surface area contributed by atoms with Gasteiger partial charge in [-0.1, -0.05) is 405 Å². The number of hydrogen-bond acceptors (Lipinski definition) is 6. The molecule has 0 fully saturated rings. The van der Waals surface area contributed by atoms with Gasteiger partial charge in [0, 0.05) is 95.5 Å². The fraction of sp³-hybridized carbons (Fsp3) is 0.143. The fourth-order valence-corrected chi connectivity index (χ4v) is 24.6. The lowest BCUT2D eigenvalue weighted by atomic mass is 9.75. The number of rotatable bonds is 17. The summed E-state index contributed by atoms with van der Waals surface area (Å²) in [6.45, 7) is 28.5. The topological polar surface area (TPSA) is 32.8 Å². The van der Waals surface area contributed by atoms with Gasteiger partial charge in [0.15, 0.2) is 0 Å². The predicted octanol–water partition coefficient (Wildman–Crippen LogP) is 39.2. The van der Waals surface area contributed by atoms with Gasteiger partial charge in [0.25, 0.3) is 0 Å². The minimum absolute atomic E-state index is 0.0704. The van der Waals surface area contributed by atoms with Crippen LogP contribution in [0.4, 0.5) is 28.4 Å². The summed E-state index contributed by atoms with van der Waals surface area (Å²) in [7, 11) is 0. The summed E-state index contributed by atoms with van der Waals surface area (Å²) >= 11 is 3.80. The molecule has 0 radical (unpaired) electrons. The molecule has 1 aliphatic rings. The molecule has 1 unspecified atom stereocenters. The van der Waals surface area contributed by atoms with Crippen molar-refractivity contribution in [2.24, 2.45) is 5.92 Å². The Hall–Kier alpha value is -15.2. The van der Waals surface area contributed by atoms with Crippen molar-refractivity contribution in [2.45, 2.75) is 118 Å². The molecule has 0 N–H and O–H groups in total. The van der Waals surface area contributed by atoms with Crippen LogP contribution in [0.3, 0.4) is 0 Å². The lowest BCUT2D eigenvalue weighted by Gasteiger charge is -2.35. The second-order valence-corrected chi connectivity index (χ2v) is 44.1. The lowest BCUT2D eigenvalue weighted by molar-refractivity contribution is 0.518. The normalized spacial score (nSPS) is 13.5. The average molecular weight is 1830 g/mol. The van der Waals surface area contributed by atoms with E-state index in [2.05, 4.69) is 499 Å². The number of fused-ring (bicyclic) bond motifs is 14. The van der Waals surface area contributed by atoms with Crippen molar-refractivity contribution in [3.05, 3.63) is 446 Å². The minimum Gasteiger partial charge on any atom is -0.456 e. The first-order chi connectivity index (χ1) is 67.5. The van der Waals surface area contributed by atoms with E-state index < -0.39 is 0 Å². The third-order valence-electron chi connectivity index (χ3n) is 29.3. The number of para-hydroxylation sites is 6. The van der Waals surface area contributed by atoms with Gasteiger partial charge >= 0.3 is 0 Å². The van der Waals surface area contributed by atoms with Crippen LogP contribution in [-0.4, -0.2) is 0 Å². The standard InChI is InChI=1S/C133H108N2O2S2/c1-82-65-72-116(135(115-58-23-16-42-100(115)105-52-33-62-120-127(105)109-45-18-25-60-118(109)137-120)114-57-22-15-40-98(114)103-50-30-38-85-35-27-46-94(124(85)103)87-75-89(130(2,3)4)79-90(76-87)131(5,6)7)111(73-82)106-53-34-64-122-128(106)110-71-66-83(74-123(110)138-122)81-133(11,12)92-78-88(77-91(80-92)132(8,9)10)95-47-28-36-86-37-29-49-102(125(86)95)97-39-13-20-55-112(97)134(93-69-67-84(68-70-93)96-48-31-54-107-101-43-19-26-63-121(101)139-129(96)107)113-56-21-14-41-99(113)104-51-32-61-119-126(104)108-44-17-24-59-117(108)136-119/h13-72,74-80,82H,73,81H2,1-12H3. The molecule has 19 aromatic carbocycles. The highest BCUT2D eigenvalue weighted by atomic mass is 32.1. The maximum atomic E-state index is 6.73. The van der Waals surface area contributed by atoms with Crippen LogP contribution in [0.2, 0.25) is 0 Å². The first-order valence-corrected chi connectivity index (χ1v) is 50.6. The van der Waals surface area contributed by atoms with Crippen LogP contribution in [0.1, 0.15) is 123 Å². The number of allylic oxidation sites excluding steroid dienone is 3. The van der Waals surface area contributed by atoms with Crippen molar-refractivity contribution in [3.63, 3.8) is 0 Å². The molecule has 0 aliphatic heterocycles. The Morgan fingerprint density at radius 3 is 1.20 bits per heavy atom. The molecule has 4 nitrogen and oxygen atoms in total. The van der Waals surface area contributed by atoms with Crippen molar-refractivity contribution in [1.29, 1.82) is 0 Å². The van der Waals surface area contributed by atoms with Gasteiger partial charge in [0.05, 0.1) is 22.7 Å². The predicted molar refractivity (Wildman–Crippen MR) is 599 cm³/mol.